The van der Waals surface area contributed by atoms with Crippen LogP contribution in [0.4, 0.5) is 0 Å². The molecule has 0 spiro atoms. The van der Waals surface area contributed by atoms with Gasteiger partial charge in [-0.15, -0.1) is 0 Å². The van der Waals surface area contributed by atoms with E-state index in [-0.39, 0.29) is 0 Å². The maximum absolute atomic E-state index is 6.95. The Labute approximate surface area is 94.5 Å². The van der Waals surface area contributed by atoms with E-state index in [1.807, 2.05) is 0 Å². The molecule has 1 aliphatic rings. The van der Waals surface area contributed by atoms with Gasteiger partial charge in [0.1, 0.15) is 0 Å². The third kappa shape index (κ3) is 6.48. The molecule has 0 heterocycles. The normalized spacial score (nSPS) is 24.1. The lowest BCUT2D eigenvalue weighted by molar-refractivity contribution is 0.390. The summed E-state index contributed by atoms with van der Waals surface area (Å²) in [6.07, 6.45) is 19.4. The van der Waals surface area contributed by atoms with Crippen molar-refractivity contribution in [3.63, 3.8) is 0 Å². The van der Waals surface area contributed by atoms with Crippen molar-refractivity contribution in [2.45, 2.75) is 64.2 Å². The Morgan fingerprint density at radius 3 is 2.80 bits per heavy atom. The van der Waals surface area contributed by atoms with Gasteiger partial charge >= 0.3 is 0 Å². The summed E-state index contributed by atoms with van der Waals surface area (Å²) in [4.78, 5) is 0. The van der Waals surface area contributed by atoms with Gasteiger partial charge in [0.05, 0.1) is 0 Å². The SMILES string of the molecule is N=CCCCCCC1CC/C=C\CCC1. The van der Waals surface area contributed by atoms with Crippen LogP contribution in [-0.4, -0.2) is 6.21 Å². The van der Waals surface area contributed by atoms with E-state index in [1.165, 1.54) is 57.8 Å². The molecule has 15 heavy (non-hydrogen) atoms. The molecule has 1 aliphatic carbocycles. The molecule has 1 rings (SSSR count). The smallest absolute Gasteiger partial charge is 0.00477 e. The van der Waals surface area contributed by atoms with Crippen LogP contribution in [0.15, 0.2) is 12.2 Å². The van der Waals surface area contributed by atoms with E-state index in [9.17, 15) is 0 Å². The Morgan fingerprint density at radius 2 is 1.93 bits per heavy atom. The van der Waals surface area contributed by atoms with E-state index in [0.717, 1.165) is 12.3 Å². The van der Waals surface area contributed by atoms with Gasteiger partial charge in [-0.25, -0.2) is 0 Å². The Hall–Kier alpha value is -0.590. The standard InChI is InChI=1S/C14H25N/c15-13-9-5-4-8-12-14-10-6-2-1-3-7-11-14/h1-2,13-15H,3-12H2/b2-1-,15-13?. The van der Waals surface area contributed by atoms with E-state index in [2.05, 4.69) is 12.2 Å². The molecule has 1 nitrogen and oxygen atoms in total. The maximum Gasteiger partial charge on any atom is -0.00477 e. The molecule has 86 valence electrons. The van der Waals surface area contributed by atoms with Crippen LogP contribution in [0.1, 0.15) is 64.2 Å². The van der Waals surface area contributed by atoms with Gasteiger partial charge in [0.25, 0.3) is 0 Å². The van der Waals surface area contributed by atoms with Crippen LogP contribution in [0, 0.1) is 11.3 Å². The van der Waals surface area contributed by atoms with Gasteiger partial charge in [0.15, 0.2) is 0 Å². The van der Waals surface area contributed by atoms with Crippen LogP contribution in [0.3, 0.4) is 0 Å². The first-order chi connectivity index (χ1) is 7.43. The maximum atomic E-state index is 6.95. The van der Waals surface area contributed by atoms with Gasteiger partial charge in [-0.1, -0.05) is 37.8 Å². The lowest BCUT2D eigenvalue weighted by Gasteiger charge is -2.17. The van der Waals surface area contributed by atoms with Crippen molar-refractivity contribution in [3.05, 3.63) is 12.2 Å². The van der Waals surface area contributed by atoms with E-state index in [0.29, 0.717) is 0 Å². The monoisotopic (exact) mass is 207 g/mol. The third-order valence-electron chi connectivity index (χ3n) is 3.35. The quantitative estimate of drug-likeness (QED) is 0.370. The second-order valence-electron chi connectivity index (χ2n) is 4.69. The van der Waals surface area contributed by atoms with Crippen LogP contribution in [0.25, 0.3) is 0 Å². The molecule has 0 radical (unpaired) electrons. The molecule has 1 atom stereocenters. The van der Waals surface area contributed by atoms with Gasteiger partial charge in [-0.2, -0.15) is 0 Å². The van der Waals surface area contributed by atoms with Gasteiger partial charge in [-0.3, -0.25) is 0 Å². The van der Waals surface area contributed by atoms with Crippen molar-refractivity contribution in [1.82, 2.24) is 0 Å². The Bertz CT molecular complexity index is 184. The number of unbranched alkanes of at least 4 members (excludes halogenated alkanes) is 3. The molecule has 0 bridgehead atoms. The zero-order valence-electron chi connectivity index (χ0n) is 9.88. The van der Waals surface area contributed by atoms with E-state index in [1.54, 1.807) is 6.21 Å². The van der Waals surface area contributed by atoms with E-state index >= 15 is 0 Å². The zero-order valence-corrected chi connectivity index (χ0v) is 9.88. The zero-order chi connectivity index (χ0) is 10.8. The number of hydrogen-bond acceptors (Lipinski definition) is 1. The number of allylic oxidation sites excluding steroid dienone is 2. The topological polar surface area (TPSA) is 23.9 Å². The first-order valence-corrected chi connectivity index (χ1v) is 6.57. The molecule has 1 N–H and O–H groups in total. The predicted molar refractivity (Wildman–Crippen MR) is 67.6 cm³/mol. The second-order valence-corrected chi connectivity index (χ2v) is 4.69. The molecular weight excluding hydrogens is 182 g/mol. The van der Waals surface area contributed by atoms with Crippen molar-refractivity contribution >= 4 is 6.21 Å². The van der Waals surface area contributed by atoms with Gasteiger partial charge in [0, 0.05) is 0 Å². The summed E-state index contributed by atoms with van der Waals surface area (Å²) >= 11 is 0. The molecule has 0 aromatic heterocycles. The number of hydrogen-bond donors (Lipinski definition) is 1. The van der Waals surface area contributed by atoms with Crippen molar-refractivity contribution in [2.75, 3.05) is 0 Å². The summed E-state index contributed by atoms with van der Waals surface area (Å²) in [6, 6.07) is 0. The van der Waals surface area contributed by atoms with Crippen molar-refractivity contribution in [3.8, 4) is 0 Å². The first kappa shape index (κ1) is 12.5. The fourth-order valence-electron chi connectivity index (χ4n) is 2.38. The highest BCUT2D eigenvalue weighted by atomic mass is 14.3. The van der Waals surface area contributed by atoms with E-state index in [4.69, 9.17) is 5.41 Å². The van der Waals surface area contributed by atoms with Crippen LogP contribution >= 0.6 is 0 Å². The van der Waals surface area contributed by atoms with Crippen molar-refractivity contribution in [1.29, 1.82) is 5.41 Å². The summed E-state index contributed by atoms with van der Waals surface area (Å²) in [5.41, 5.74) is 0. The highest BCUT2D eigenvalue weighted by Crippen LogP contribution is 2.24. The van der Waals surface area contributed by atoms with Crippen LogP contribution in [0.2, 0.25) is 0 Å². The number of nitrogens with one attached hydrogen (secondary N) is 1. The van der Waals surface area contributed by atoms with Crippen LogP contribution < -0.4 is 0 Å². The second kappa shape index (κ2) is 8.70. The lowest BCUT2D eigenvalue weighted by Crippen LogP contribution is -2.01. The predicted octanol–water partition coefficient (Wildman–Crippen LogP) is 4.72. The molecule has 1 heteroatoms. The molecule has 0 aromatic carbocycles. The molecule has 0 aromatic rings. The average Bonchev–Trinajstić information content (AvgIpc) is 2.20. The van der Waals surface area contributed by atoms with Crippen molar-refractivity contribution in [2.24, 2.45) is 5.92 Å². The van der Waals surface area contributed by atoms with Crippen molar-refractivity contribution < 1.29 is 0 Å². The Balaban J connectivity index is 2.03. The molecule has 0 saturated heterocycles. The number of rotatable bonds is 6. The van der Waals surface area contributed by atoms with Crippen LogP contribution in [-0.2, 0) is 0 Å². The fraction of sp³-hybridized carbons (Fsp3) is 0.786. The summed E-state index contributed by atoms with van der Waals surface area (Å²) < 4.78 is 0. The highest BCUT2D eigenvalue weighted by Gasteiger charge is 2.08. The third-order valence-corrected chi connectivity index (χ3v) is 3.35. The Kier molecular flexibility index (Phi) is 7.24. The summed E-state index contributed by atoms with van der Waals surface area (Å²) in [7, 11) is 0. The van der Waals surface area contributed by atoms with Gasteiger partial charge < -0.3 is 5.41 Å². The molecular formula is C14H25N. The van der Waals surface area contributed by atoms with Gasteiger partial charge in [-0.05, 0) is 50.7 Å². The molecule has 0 amide bonds. The van der Waals surface area contributed by atoms with Gasteiger partial charge in [0.2, 0.25) is 0 Å². The van der Waals surface area contributed by atoms with Crippen LogP contribution in [0.5, 0.6) is 0 Å². The largest absolute Gasteiger partial charge is 0.313 e. The molecule has 0 saturated carbocycles. The summed E-state index contributed by atoms with van der Waals surface area (Å²) in [5, 5.41) is 6.95. The first-order valence-electron chi connectivity index (χ1n) is 6.57. The minimum atomic E-state index is 0.980. The average molecular weight is 207 g/mol. The summed E-state index contributed by atoms with van der Waals surface area (Å²) in [5.74, 6) is 0.981. The minimum Gasteiger partial charge on any atom is -0.313 e. The molecule has 0 aliphatic heterocycles. The fourth-order valence-corrected chi connectivity index (χ4v) is 2.38. The minimum absolute atomic E-state index is 0.980. The lowest BCUT2D eigenvalue weighted by atomic mass is 9.89. The molecule has 1 unspecified atom stereocenters. The Morgan fingerprint density at radius 1 is 1.07 bits per heavy atom. The summed E-state index contributed by atoms with van der Waals surface area (Å²) in [6.45, 7) is 0. The highest BCUT2D eigenvalue weighted by molar-refractivity contribution is 5.52. The van der Waals surface area contributed by atoms with E-state index < -0.39 is 0 Å². The molecule has 0 fully saturated rings.